The largest absolute Gasteiger partial charge is 0.381 e. The van der Waals surface area contributed by atoms with E-state index >= 15 is 0 Å². The summed E-state index contributed by atoms with van der Waals surface area (Å²) >= 11 is 0. The van der Waals surface area contributed by atoms with Gasteiger partial charge in [-0.25, -0.2) is 0 Å². The molecule has 0 aromatic carbocycles. The van der Waals surface area contributed by atoms with Crippen LogP contribution in [0.1, 0.15) is 19.3 Å². The normalized spacial score (nSPS) is 33.4. The topological polar surface area (TPSA) is 24.5 Å². The van der Waals surface area contributed by atoms with E-state index in [1.807, 2.05) is 0 Å². The van der Waals surface area contributed by atoms with E-state index < -0.39 is 0 Å². The lowest BCUT2D eigenvalue weighted by Crippen LogP contribution is -2.56. The van der Waals surface area contributed by atoms with Crippen molar-refractivity contribution in [2.24, 2.45) is 5.41 Å². The maximum absolute atomic E-state index is 5.46. The van der Waals surface area contributed by atoms with Crippen molar-refractivity contribution < 1.29 is 4.74 Å². The van der Waals surface area contributed by atoms with Crippen LogP contribution in [0.25, 0.3) is 0 Å². The van der Waals surface area contributed by atoms with Gasteiger partial charge in [0.05, 0.1) is 0 Å². The fourth-order valence-electron chi connectivity index (χ4n) is 3.03. The van der Waals surface area contributed by atoms with Crippen LogP contribution in [0.15, 0.2) is 0 Å². The van der Waals surface area contributed by atoms with Gasteiger partial charge in [0.15, 0.2) is 0 Å². The van der Waals surface area contributed by atoms with Crippen LogP contribution in [0.2, 0.25) is 0 Å². The second-order valence-electron chi connectivity index (χ2n) is 5.14. The van der Waals surface area contributed by atoms with Crippen molar-refractivity contribution in [1.29, 1.82) is 0 Å². The van der Waals surface area contributed by atoms with Crippen LogP contribution in [0.3, 0.4) is 0 Å². The van der Waals surface area contributed by atoms with E-state index in [0.717, 1.165) is 19.3 Å². The molecule has 1 N–H and O–H groups in total. The van der Waals surface area contributed by atoms with Crippen LogP contribution in [-0.2, 0) is 4.74 Å². The Kier molecular flexibility index (Phi) is 2.26. The minimum Gasteiger partial charge on any atom is -0.381 e. The predicted octanol–water partition coefficient (Wildman–Crippen LogP) is 0.461. The molecule has 0 amide bonds. The molecule has 3 aliphatic rings. The highest BCUT2D eigenvalue weighted by Crippen LogP contribution is 2.40. The number of ether oxygens (including phenoxy) is 1. The Morgan fingerprint density at radius 1 is 1.14 bits per heavy atom. The number of nitrogens with zero attached hydrogens (tertiary/aromatic N) is 1. The molecule has 14 heavy (non-hydrogen) atoms. The van der Waals surface area contributed by atoms with Gasteiger partial charge in [-0.05, 0) is 31.2 Å². The molecular formula is C11H20N2O. The molecule has 0 bridgehead atoms. The average Bonchev–Trinajstić information content (AvgIpc) is 2.48. The first-order valence-electron chi connectivity index (χ1n) is 5.91. The van der Waals surface area contributed by atoms with Crippen LogP contribution >= 0.6 is 0 Å². The summed E-state index contributed by atoms with van der Waals surface area (Å²) in [7, 11) is 0. The summed E-state index contributed by atoms with van der Waals surface area (Å²) in [6, 6.07) is 0.845. The number of rotatable bonds is 1. The van der Waals surface area contributed by atoms with Crippen molar-refractivity contribution in [3.63, 3.8) is 0 Å². The summed E-state index contributed by atoms with van der Waals surface area (Å²) in [5.74, 6) is 0. The van der Waals surface area contributed by atoms with Gasteiger partial charge in [-0.15, -0.1) is 0 Å². The van der Waals surface area contributed by atoms with E-state index in [2.05, 4.69) is 10.2 Å². The van der Waals surface area contributed by atoms with Crippen molar-refractivity contribution in [2.45, 2.75) is 25.3 Å². The maximum Gasteiger partial charge on any atom is 0.0471 e. The minimum atomic E-state index is 0.633. The lowest BCUT2D eigenvalue weighted by atomic mass is 9.79. The highest BCUT2D eigenvalue weighted by molar-refractivity contribution is 4.96. The van der Waals surface area contributed by atoms with E-state index in [0.29, 0.717) is 5.41 Å². The average molecular weight is 196 g/mol. The highest BCUT2D eigenvalue weighted by atomic mass is 16.5. The lowest BCUT2D eigenvalue weighted by Gasteiger charge is -2.38. The minimum absolute atomic E-state index is 0.633. The monoisotopic (exact) mass is 196 g/mol. The zero-order valence-electron chi connectivity index (χ0n) is 8.80. The van der Waals surface area contributed by atoms with Gasteiger partial charge in [0.2, 0.25) is 0 Å². The fourth-order valence-corrected chi connectivity index (χ4v) is 3.03. The van der Waals surface area contributed by atoms with E-state index in [4.69, 9.17) is 4.74 Å². The molecule has 3 aliphatic heterocycles. The Morgan fingerprint density at radius 3 is 2.57 bits per heavy atom. The van der Waals surface area contributed by atoms with Crippen LogP contribution in [0, 0.1) is 5.41 Å². The smallest absolute Gasteiger partial charge is 0.0471 e. The van der Waals surface area contributed by atoms with Gasteiger partial charge in [-0.1, -0.05) is 0 Å². The molecule has 0 saturated carbocycles. The quantitative estimate of drug-likeness (QED) is 0.659. The first-order chi connectivity index (χ1) is 6.88. The maximum atomic E-state index is 5.46. The molecule has 0 aliphatic carbocycles. The molecular weight excluding hydrogens is 176 g/mol. The molecule has 3 saturated heterocycles. The first kappa shape index (κ1) is 9.13. The van der Waals surface area contributed by atoms with Crippen molar-refractivity contribution in [2.75, 3.05) is 39.4 Å². The molecule has 1 spiro atoms. The SMILES string of the molecule is C1CC2(CCO1)CCN(C1CNC1)C2. The Bertz CT molecular complexity index is 209. The van der Waals surface area contributed by atoms with Crippen LogP contribution < -0.4 is 5.32 Å². The molecule has 80 valence electrons. The van der Waals surface area contributed by atoms with Gasteiger partial charge in [0, 0.05) is 38.9 Å². The van der Waals surface area contributed by atoms with Crippen LogP contribution in [0.4, 0.5) is 0 Å². The highest BCUT2D eigenvalue weighted by Gasteiger charge is 2.42. The Morgan fingerprint density at radius 2 is 1.93 bits per heavy atom. The van der Waals surface area contributed by atoms with E-state index in [9.17, 15) is 0 Å². The van der Waals surface area contributed by atoms with Gasteiger partial charge < -0.3 is 10.1 Å². The predicted molar refractivity (Wildman–Crippen MR) is 55.3 cm³/mol. The molecule has 3 rings (SSSR count). The molecule has 0 aromatic heterocycles. The third-order valence-electron chi connectivity index (χ3n) is 4.30. The second kappa shape index (κ2) is 3.47. The summed E-state index contributed by atoms with van der Waals surface area (Å²) in [5.41, 5.74) is 0.633. The molecule has 0 unspecified atom stereocenters. The Hall–Kier alpha value is -0.120. The molecule has 3 nitrogen and oxygen atoms in total. The van der Waals surface area contributed by atoms with Crippen LogP contribution in [0.5, 0.6) is 0 Å². The standard InChI is InChI=1S/C11H20N2O/c1-4-13(10-7-12-8-10)9-11(1)2-5-14-6-3-11/h10,12H,1-9H2. The first-order valence-corrected chi connectivity index (χ1v) is 5.91. The molecule has 0 aromatic rings. The molecule has 3 fully saturated rings. The van der Waals surface area contributed by atoms with E-state index in [1.165, 1.54) is 45.4 Å². The molecule has 0 radical (unpaired) electrons. The van der Waals surface area contributed by atoms with Crippen molar-refractivity contribution in [3.8, 4) is 0 Å². The van der Waals surface area contributed by atoms with E-state index in [1.54, 1.807) is 0 Å². The summed E-state index contributed by atoms with van der Waals surface area (Å²) < 4.78 is 5.46. The number of likely N-dealkylation sites (tertiary alicyclic amines) is 1. The molecule has 0 atom stereocenters. The zero-order chi connectivity index (χ0) is 9.43. The van der Waals surface area contributed by atoms with Gasteiger partial charge in [-0.3, -0.25) is 4.90 Å². The van der Waals surface area contributed by atoms with Gasteiger partial charge in [0.25, 0.3) is 0 Å². The summed E-state index contributed by atoms with van der Waals surface area (Å²) in [6.45, 7) is 7.09. The van der Waals surface area contributed by atoms with Gasteiger partial charge >= 0.3 is 0 Å². The Labute approximate surface area is 85.8 Å². The van der Waals surface area contributed by atoms with Crippen LogP contribution in [-0.4, -0.2) is 50.3 Å². The third kappa shape index (κ3) is 1.47. The van der Waals surface area contributed by atoms with Crippen molar-refractivity contribution in [1.82, 2.24) is 10.2 Å². The molecule has 3 heterocycles. The summed E-state index contributed by atoms with van der Waals surface area (Å²) in [6.07, 6.45) is 4.00. The zero-order valence-corrected chi connectivity index (χ0v) is 8.80. The van der Waals surface area contributed by atoms with Crippen molar-refractivity contribution >= 4 is 0 Å². The van der Waals surface area contributed by atoms with E-state index in [-0.39, 0.29) is 0 Å². The second-order valence-corrected chi connectivity index (χ2v) is 5.14. The lowest BCUT2D eigenvalue weighted by molar-refractivity contribution is 0.0154. The van der Waals surface area contributed by atoms with Gasteiger partial charge in [0.1, 0.15) is 0 Å². The third-order valence-corrected chi connectivity index (χ3v) is 4.30. The number of nitrogens with one attached hydrogen (secondary N) is 1. The number of hydrogen-bond donors (Lipinski definition) is 1. The Balaban J connectivity index is 1.61. The molecule has 3 heteroatoms. The summed E-state index contributed by atoms with van der Waals surface area (Å²) in [5, 5.41) is 3.36. The number of hydrogen-bond acceptors (Lipinski definition) is 3. The van der Waals surface area contributed by atoms with Crippen molar-refractivity contribution in [3.05, 3.63) is 0 Å². The van der Waals surface area contributed by atoms with Gasteiger partial charge in [-0.2, -0.15) is 0 Å². The summed E-state index contributed by atoms with van der Waals surface area (Å²) in [4.78, 5) is 2.70. The fraction of sp³-hybridized carbons (Fsp3) is 1.00.